The van der Waals surface area contributed by atoms with Crippen LogP contribution in [0.1, 0.15) is 37.0 Å². The Bertz CT molecular complexity index is 388. The summed E-state index contributed by atoms with van der Waals surface area (Å²) in [5.41, 5.74) is 0. The first-order valence-electron chi connectivity index (χ1n) is 6.47. The number of amides is 1. The van der Waals surface area contributed by atoms with E-state index in [0.29, 0.717) is 12.6 Å². The molecule has 0 bridgehead atoms. The molecule has 1 aliphatic rings. The summed E-state index contributed by atoms with van der Waals surface area (Å²) in [4.78, 5) is 13.0. The third-order valence-corrected chi connectivity index (χ3v) is 5.16. The standard InChI is InChI=1S/C13H19BrN2OS/c14-11-6-7-18-12(11)8-15-9-13(17)16-10-4-2-1-3-5-10/h6-7,10,15H,1-5,8-9H2,(H,16,17). The highest BCUT2D eigenvalue weighted by Gasteiger charge is 2.15. The number of nitrogens with one attached hydrogen (secondary N) is 2. The molecule has 2 N–H and O–H groups in total. The molecule has 100 valence electrons. The van der Waals surface area contributed by atoms with E-state index in [1.54, 1.807) is 11.3 Å². The van der Waals surface area contributed by atoms with Crippen LogP contribution in [0.3, 0.4) is 0 Å². The van der Waals surface area contributed by atoms with Gasteiger partial charge in [-0.05, 0) is 40.2 Å². The normalized spacial score (nSPS) is 16.7. The Morgan fingerprint density at radius 1 is 1.39 bits per heavy atom. The molecular weight excluding hydrogens is 312 g/mol. The molecule has 1 heterocycles. The van der Waals surface area contributed by atoms with Crippen LogP contribution in [0.15, 0.2) is 15.9 Å². The zero-order valence-electron chi connectivity index (χ0n) is 10.4. The van der Waals surface area contributed by atoms with Crippen LogP contribution in [0.5, 0.6) is 0 Å². The Labute approximate surface area is 120 Å². The summed E-state index contributed by atoms with van der Waals surface area (Å²) in [6, 6.07) is 2.44. The quantitative estimate of drug-likeness (QED) is 0.871. The van der Waals surface area contributed by atoms with Gasteiger partial charge >= 0.3 is 0 Å². The van der Waals surface area contributed by atoms with Gasteiger partial charge in [0.2, 0.25) is 5.91 Å². The molecule has 18 heavy (non-hydrogen) atoms. The SMILES string of the molecule is O=C(CNCc1sccc1Br)NC1CCCCC1. The predicted octanol–water partition coefficient (Wildman–Crippen LogP) is 3.05. The number of halogens is 1. The lowest BCUT2D eigenvalue weighted by Gasteiger charge is -2.22. The van der Waals surface area contributed by atoms with Crippen molar-refractivity contribution in [2.75, 3.05) is 6.54 Å². The van der Waals surface area contributed by atoms with E-state index in [1.807, 2.05) is 11.4 Å². The van der Waals surface area contributed by atoms with Crippen molar-refractivity contribution in [3.05, 3.63) is 20.8 Å². The van der Waals surface area contributed by atoms with Crippen molar-refractivity contribution in [2.45, 2.75) is 44.7 Å². The van der Waals surface area contributed by atoms with Gasteiger partial charge < -0.3 is 10.6 Å². The maximum atomic E-state index is 11.7. The van der Waals surface area contributed by atoms with Gasteiger partial charge in [0.1, 0.15) is 0 Å². The van der Waals surface area contributed by atoms with Gasteiger partial charge in [0.25, 0.3) is 0 Å². The van der Waals surface area contributed by atoms with Crippen molar-refractivity contribution in [3.63, 3.8) is 0 Å². The van der Waals surface area contributed by atoms with E-state index in [0.717, 1.165) is 23.9 Å². The summed E-state index contributed by atoms with van der Waals surface area (Å²) in [6.45, 7) is 1.15. The lowest BCUT2D eigenvalue weighted by Crippen LogP contribution is -2.41. The highest BCUT2D eigenvalue weighted by Crippen LogP contribution is 2.22. The summed E-state index contributed by atoms with van der Waals surface area (Å²) in [7, 11) is 0. The molecule has 0 radical (unpaired) electrons. The summed E-state index contributed by atoms with van der Waals surface area (Å²) in [6.07, 6.45) is 6.10. The lowest BCUT2D eigenvalue weighted by atomic mass is 9.95. The van der Waals surface area contributed by atoms with Gasteiger partial charge in [-0.3, -0.25) is 4.79 Å². The molecule has 1 aromatic rings. The first-order valence-corrected chi connectivity index (χ1v) is 8.15. The molecule has 1 aromatic heterocycles. The molecule has 0 aromatic carbocycles. The van der Waals surface area contributed by atoms with Gasteiger partial charge in [0, 0.05) is 21.9 Å². The molecular formula is C13H19BrN2OS. The number of rotatable bonds is 5. The Balaban J connectivity index is 1.64. The van der Waals surface area contributed by atoms with Gasteiger partial charge in [0.05, 0.1) is 6.54 Å². The Morgan fingerprint density at radius 3 is 2.83 bits per heavy atom. The molecule has 1 fully saturated rings. The molecule has 0 atom stereocenters. The molecule has 0 saturated heterocycles. The molecule has 0 spiro atoms. The number of carbonyl (C=O) groups excluding carboxylic acids is 1. The summed E-state index contributed by atoms with van der Waals surface area (Å²) >= 11 is 5.18. The first-order chi connectivity index (χ1) is 8.75. The number of thiophene rings is 1. The van der Waals surface area contributed by atoms with Gasteiger partial charge in [-0.25, -0.2) is 0 Å². The van der Waals surface area contributed by atoms with Crippen LogP contribution in [0.4, 0.5) is 0 Å². The Morgan fingerprint density at radius 2 is 2.17 bits per heavy atom. The average molecular weight is 331 g/mol. The van der Waals surface area contributed by atoms with Crippen LogP contribution in [0.25, 0.3) is 0 Å². The van der Waals surface area contributed by atoms with Crippen molar-refractivity contribution in [2.24, 2.45) is 0 Å². The van der Waals surface area contributed by atoms with Crippen molar-refractivity contribution in [3.8, 4) is 0 Å². The summed E-state index contributed by atoms with van der Waals surface area (Å²) in [5.74, 6) is 0.120. The van der Waals surface area contributed by atoms with Crippen LogP contribution in [0, 0.1) is 0 Å². The van der Waals surface area contributed by atoms with E-state index < -0.39 is 0 Å². The van der Waals surface area contributed by atoms with E-state index in [2.05, 4.69) is 26.6 Å². The topological polar surface area (TPSA) is 41.1 Å². The minimum absolute atomic E-state index is 0.120. The highest BCUT2D eigenvalue weighted by molar-refractivity contribution is 9.10. The van der Waals surface area contributed by atoms with Crippen LogP contribution in [0.2, 0.25) is 0 Å². The van der Waals surface area contributed by atoms with Gasteiger partial charge in [-0.2, -0.15) is 0 Å². The van der Waals surface area contributed by atoms with Crippen LogP contribution in [-0.2, 0) is 11.3 Å². The lowest BCUT2D eigenvalue weighted by molar-refractivity contribution is -0.121. The predicted molar refractivity (Wildman–Crippen MR) is 78.7 cm³/mol. The van der Waals surface area contributed by atoms with E-state index in [9.17, 15) is 4.79 Å². The smallest absolute Gasteiger partial charge is 0.234 e. The van der Waals surface area contributed by atoms with Crippen molar-refractivity contribution in [1.82, 2.24) is 10.6 Å². The Kier molecular flexibility index (Phi) is 5.66. The van der Waals surface area contributed by atoms with Crippen molar-refractivity contribution < 1.29 is 4.79 Å². The maximum absolute atomic E-state index is 11.7. The molecule has 3 nitrogen and oxygen atoms in total. The van der Waals surface area contributed by atoms with Gasteiger partial charge in [0.15, 0.2) is 0 Å². The largest absolute Gasteiger partial charge is 0.352 e. The third-order valence-electron chi connectivity index (χ3n) is 3.23. The second-order valence-corrected chi connectivity index (χ2v) is 6.55. The number of hydrogen-bond acceptors (Lipinski definition) is 3. The summed E-state index contributed by atoms with van der Waals surface area (Å²) < 4.78 is 1.12. The number of hydrogen-bond donors (Lipinski definition) is 2. The zero-order chi connectivity index (χ0) is 12.8. The molecule has 2 rings (SSSR count). The second kappa shape index (κ2) is 7.26. The van der Waals surface area contributed by atoms with Crippen molar-refractivity contribution in [1.29, 1.82) is 0 Å². The molecule has 1 aliphatic carbocycles. The molecule has 1 saturated carbocycles. The minimum atomic E-state index is 0.120. The maximum Gasteiger partial charge on any atom is 0.234 e. The van der Waals surface area contributed by atoms with E-state index >= 15 is 0 Å². The summed E-state index contributed by atoms with van der Waals surface area (Å²) in [5, 5.41) is 8.33. The molecule has 1 amide bonds. The van der Waals surface area contributed by atoms with Gasteiger partial charge in [-0.15, -0.1) is 11.3 Å². The van der Waals surface area contributed by atoms with E-state index in [1.165, 1.54) is 24.1 Å². The molecule has 0 unspecified atom stereocenters. The van der Waals surface area contributed by atoms with E-state index in [4.69, 9.17) is 0 Å². The molecule has 5 heteroatoms. The zero-order valence-corrected chi connectivity index (χ0v) is 12.8. The minimum Gasteiger partial charge on any atom is -0.352 e. The van der Waals surface area contributed by atoms with Crippen molar-refractivity contribution >= 4 is 33.2 Å². The third kappa shape index (κ3) is 4.37. The fourth-order valence-electron chi connectivity index (χ4n) is 2.27. The number of carbonyl (C=O) groups is 1. The van der Waals surface area contributed by atoms with Crippen LogP contribution in [-0.4, -0.2) is 18.5 Å². The second-order valence-electron chi connectivity index (χ2n) is 4.70. The van der Waals surface area contributed by atoms with E-state index in [-0.39, 0.29) is 5.91 Å². The fourth-order valence-corrected chi connectivity index (χ4v) is 3.73. The average Bonchev–Trinajstić information content (AvgIpc) is 2.76. The highest BCUT2D eigenvalue weighted by atomic mass is 79.9. The first kappa shape index (κ1) is 14.0. The van der Waals surface area contributed by atoms with Gasteiger partial charge in [-0.1, -0.05) is 19.3 Å². The van der Waals surface area contributed by atoms with Crippen LogP contribution < -0.4 is 10.6 Å². The molecule has 0 aliphatic heterocycles. The fraction of sp³-hybridized carbons (Fsp3) is 0.615. The Hall–Kier alpha value is -0.390. The van der Waals surface area contributed by atoms with Crippen LogP contribution >= 0.6 is 27.3 Å². The monoisotopic (exact) mass is 330 g/mol.